The molecule has 18 heavy (non-hydrogen) atoms. The Kier molecular flexibility index (Phi) is 4.33. The molecule has 1 aliphatic heterocycles. The van der Waals surface area contributed by atoms with Crippen molar-refractivity contribution >= 4 is 33.4 Å². The van der Waals surface area contributed by atoms with Gasteiger partial charge in [0.1, 0.15) is 0 Å². The molecule has 1 aromatic carbocycles. The zero-order valence-corrected chi connectivity index (χ0v) is 13.0. The molecule has 0 saturated carbocycles. The molecule has 0 aromatic heterocycles. The molecule has 1 atom stereocenters. The molecule has 1 aromatic rings. The van der Waals surface area contributed by atoms with Crippen molar-refractivity contribution in [3.05, 3.63) is 33.3 Å². The molecule has 4 heteroatoms. The number of rotatable bonds is 2. The van der Waals surface area contributed by atoms with Crippen LogP contribution in [0.4, 0.5) is 0 Å². The molecular weight excluding hydrogens is 314 g/mol. The van der Waals surface area contributed by atoms with E-state index >= 15 is 0 Å². The maximum absolute atomic E-state index is 12.3. The van der Waals surface area contributed by atoms with Gasteiger partial charge in [-0.15, -0.1) is 0 Å². The van der Waals surface area contributed by atoms with Gasteiger partial charge in [0.2, 0.25) is 0 Å². The largest absolute Gasteiger partial charge is 0.338 e. The second-order valence-corrected chi connectivity index (χ2v) is 6.43. The topological polar surface area (TPSA) is 20.3 Å². The number of amides is 1. The summed E-state index contributed by atoms with van der Waals surface area (Å²) in [6.45, 7) is 6.17. The summed E-state index contributed by atoms with van der Waals surface area (Å²) in [6, 6.07) is 5.35. The fraction of sp³-hybridized carbons (Fsp3) is 0.500. The van der Waals surface area contributed by atoms with Crippen molar-refractivity contribution < 1.29 is 4.79 Å². The van der Waals surface area contributed by atoms with Gasteiger partial charge in [-0.3, -0.25) is 4.79 Å². The molecule has 98 valence electrons. The number of halogens is 2. The van der Waals surface area contributed by atoms with E-state index in [1.165, 1.54) is 0 Å². The number of hydrogen-bond donors (Lipinski definition) is 0. The monoisotopic (exact) mass is 329 g/mol. The van der Waals surface area contributed by atoms with Crippen LogP contribution in [0, 0.1) is 11.8 Å². The molecular formula is C14H17BrClNO. The molecule has 0 aliphatic carbocycles. The first kappa shape index (κ1) is 13.9. The maximum Gasteiger partial charge on any atom is 0.253 e. The SMILES string of the molecule is CC(C)C1CCN(C(=O)c2ccc(Cl)c(Br)c2)C1. The lowest BCUT2D eigenvalue weighted by Gasteiger charge is -2.18. The highest BCUT2D eigenvalue weighted by molar-refractivity contribution is 9.10. The van der Waals surface area contributed by atoms with Crippen LogP contribution >= 0.6 is 27.5 Å². The van der Waals surface area contributed by atoms with Crippen molar-refractivity contribution in [2.45, 2.75) is 20.3 Å². The van der Waals surface area contributed by atoms with Gasteiger partial charge in [0.05, 0.1) is 5.02 Å². The summed E-state index contributed by atoms with van der Waals surface area (Å²) in [4.78, 5) is 14.3. The standard InChI is InChI=1S/C14H17BrClNO/c1-9(2)11-5-6-17(8-11)14(18)10-3-4-13(16)12(15)7-10/h3-4,7,9,11H,5-6,8H2,1-2H3. The molecule has 1 aliphatic rings. The Morgan fingerprint density at radius 2 is 2.22 bits per heavy atom. The first-order valence-electron chi connectivity index (χ1n) is 6.23. The van der Waals surface area contributed by atoms with Crippen LogP contribution in [-0.4, -0.2) is 23.9 Å². The minimum absolute atomic E-state index is 0.107. The van der Waals surface area contributed by atoms with E-state index in [1.807, 2.05) is 4.90 Å². The third-order valence-corrected chi connectivity index (χ3v) is 4.84. The van der Waals surface area contributed by atoms with E-state index < -0.39 is 0 Å². The van der Waals surface area contributed by atoms with Crippen molar-refractivity contribution in [2.75, 3.05) is 13.1 Å². The lowest BCUT2D eigenvalue weighted by molar-refractivity contribution is 0.0784. The third-order valence-electron chi connectivity index (χ3n) is 3.62. The molecule has 1 unspecified atom stereocenters. The Morgan fingerprint density at radius 3 is 2.78 bits per heavy atom. The number of hydrogen-bond acceptors (Lipinski definition) is 1. The van der Waals surface area contributed by atoms with Crippen LogP contribution < -0.4 is 0 Å². The molecule has 1 heterocycles. The Hall–Kier alpha value is -0.540. The van der Waals surface area contributed by atoms with Crippen molar-refractivity contribution in [3.8, 4) is 0 Å². The molecule has 0 bridgehead atoms. The van der Waals surface area contributed by atoms with Gasteiger partial charge in [-0.2, -0.15) is 0 Å². The maximum atomic E-state index is 12.3. The molecule has 2 rings (SSSR count). The summed E-state index contributed by atoms with van der Waals surface area (Å²) in [5.41, 5.74) is 0.704. The average Bonchev–Trinajstić information content (AvgIpc) is 2.81. The minimum atomic E-state index is 0.107. The second-order valence-electron chi connectivity index (χ2n) is 5.17. The van der Waals surface area contributed by atoms with E-state index in [0.29, 0.717) is 22.4 Å². The number of likely N-dealkylation sites (tertiary alicyclic amines) is 1. The van der Waals surface area contributed by atoms with E-state index in [4.69, 9.17) is 11.6 Å². The van der Waals surface area contributed by atoms with Gasteiger partial charge in [0.15, 0.2) is 0 Å². The van der Waals surface area contributed by atoms with E-state index in [0.717, 1.165) is 24.0 Å². The number of nitrogens with zero attached hydrogens (tertiary/aromatic N) is 1. The number of benzene rings is 1. The molecule has 0 spiro atoms. The summed E-state index contributed by atoms with van der Waals surface area (Å²) < 4.78 is 0.773. The van der Waals surface area contributed by atoms with Crippen LogP contribution in [0.2, 0.25) is 5.02 Å². The predicted octanol–water partition coefficient (Wildman–Crippen LogP) is 4.22. The zero-order chi connectivity index (χ0) is 13.3. The van der Waals surface area contributed by atoms with E-state index in [-0.39, 0.29) is 5.91 Å². The summed E-state index contributed by atoms with van der Waals surface area (Å²) in [6.07, 6.45) is 1.11. The third kappa shape index (κ3) is 2.89. The van der Waals surface area contributed by atoms with Gasteiger partial charge >= 0.3 is 0 Å². The lowest BCUT2D eigenvalue weighted by atomic mass is 9.95. The Labute approximate surface area is 121 Å². The Bertz CT molecular complexity index is 461. The summed E-state index contributed by atoms with van der Waals surface area (Å²) in [7, 11) is 0. The van der Waals surface area contributed by atoms with Gasteiger partial charge in [0, 0.05) is 23.1 Å². The Balaban J connectivity index is 2.10. The van der Waals surface area contributed by atoms with E-state index in [9.17, 15) is 4.79 Å². The summed E-state index contributed by atoms with van der Waals surface area (Å²) >= 11 is 9.29. The molecule has 0 radical (unpaired) electrons. The highest BCUT2D eigenvalue weighted by Crippen LogP contribution is 2.27. The number of carbonyl (C=O) groups is 1. The fourth-order valence-corrected chi connectivity index (χ4v) is 2.82. The van der Waals surface area contributed by atoms with Crippen LogP contribution in [-0.2, 0) is 0 Å². The lowest BCUT2D eigenvalue weighted by Crippen LogP contribution is -2.29. The normalized spacial score (nSPS) is 19.6. The molecule has 2 nitrogen and oxygen atoms in total. The van der Waals surface area contributed by atoms with Crippen LogP contribution in [0.15, 0.2) is 22.7 Å². The quantitative estimate of drug-likeness (QED) is 0.795. The highest BCUT2D eigenvalue weighted by atomic mass is 79.9. The highest BCUT2D eigenvalue weighted by Gasteiger charge is 2.28. The average molecular weight is 331 g/mol. The molecule has 0 N–H and O–H groups in total. The second kappa shape index (κ2) is 5.62. The first-order valence-corrected chi connectivity index (χ1v) is 7.40. The van der Waals surface area contributed by atoms with Crippen LogP contribution in [0.1, 0.15) is 30.6 Å². The Morgan fingerprint density at radius 1 is 1.50 bits per heavy atom. The summed E-state index contributed by atoms with van der Waals surface area (Å²) in [5, 5.41) is 0.632. The molecule has 1 fully saturated rings. The van der Waals surface area contributed by atoms with Crippen molar-refractivity contribution in [2.24, 2.45) is 11.8 Å². The van der Waals surface area contributed by atoms with Crippen LogP contribution in [0.5, 0.6) is 0 Å². The van der Waals surface area contributed by atoms with Crippen molar-refractivity contribution in [3.63, 3.8) is 0 Å². The van der Waals surface area contributed by atoms with Crippen molar-refractivity contribution in [1.82, 2.24) is 4.90 Å². The van der Waals surface area contributed by atoms with E-state index in [2.05, 4.69) is 29.8 Å². The smallest absolute Gasteiger partial charge is 0.253 e. The predicted molar refractivity (Wildman–Crippen MR) is 78.0 cm³/mol. The van der Waals surface area contributed by atoms with Gasteiger partial charge < -0.3 is 4.90 Å². The van der Waals surface area contributed by atoms with Gasteiger partial charge in [-0.05, 0) is 52.4 Å². The minimum Gasteiger partial charge on any atom is -0.338 e. The van der Waals surface area contributed by atoms with E-state index in [1.54, 1.807) is 18.2 Å². The van der Waals surface area contributed by atoms with Crippen LogP contribution in [0.3, 0.4) is 0 Å². The van der Waals surface area contributed by atoms with Crippen LogP contribution in [0.25, 0.3) is 0 Å². The van der Waals surface area contributed by atoms with Gasteiger partial charge in [0.25, 0.3) is 5.91 Å². The first-order chi connectivity index (χ1) is 8.49. The fourth-order valence-electron chi connectivity index (χ4n) is 2.33. The molecule has 1 amide bonds. The van der Waals surface area contributed by atoms with Gasteiger partial charge in [-0.1, -0.05) is 25.4 Å². The van der Waals surface area contributed by atoms with Gasteiger partial charge in [-0.25, -0.2) is 0 Å². The number of carbonyl (C=O) groups excluding carboxylic acids is 1. The zero-order valence-electron chi connectivity index (χ0n) is 10.6. The summed E-state index contributed by atoms with van der Waals surface area (Å²) in [5.74, 6) is 1.37. The molecule has 1 saturated heterocycles. The van der Waals surface area contributed by atoms with Crippen molar-refractivity contribution in [1.29, 1.82) is 0 Å².